The molecule has 0 spiro atoms. The molecule has 0 fully saturated rings. The number of aliphatic hydroxyl groups is 1. The van der Waals surface area contributed by atoms with Crippen LogP contribution in [0.2, 0.25) is 0 Å². The van der Waals surface area contributed by atoms with Gasteiger partial charge in [0.1, 0.15) is 5.75 Å². The van der Waals surface area contributed by atoms with Crippen LogP contribution in [0.25, 0.3) is 0 Å². The predicted molar refractivity (Wildman–Crippen MR) is 84.0 cm³/mol. The number of aryl methyl sites for hydroxylation is 1. The maximum atomic E-state index is 11.7. The van der Waals surface area contributed by atoms with Crippen molar-refractivity contribution in [2.24, 2.45) is 0 Å². The summed E-state index contributed by atoms with van der Waals surface area (Å²) < 4.78 is 5.10. The molecule has 0 aliphatic rings. The third-order valence-electron chi connectivity index (χ3n) is 2.91. The van der Waals surface area contributed by atoms with Crippen molar-refractivity contribution in [1.29, 1.82) is 0 Å². The standard InChI is InChI=1S/C15H18N2O3S/c1-10-6-7-14(21-10)17-15(19)16-9-13(18)11-4-3-5-12(8-11)20-2/h3-8,13,18H,9H2,1-2H3,(H2,16,17,19)/t13-/m1/s1. The summed E-state index contributed by atoms with van der Waals surface area (Å²) in [6, 6.07) is 10.6. The van der Waals surface area contributed by atoms with E-state index >= 15 is 0 Å². The molecule has 5 nitrogen and oxygen atoms in total. The highest BCUT2D eigenvalue weighted by Crippen LogP contribution is 2.21. The second kappa shape index (κ2) is 7.10. The third-order valence-corrected chi connectivity index (χ3v) is 3.83. The van der Waals surface area contributed by atoms with Crippen molar-refractivity contribution in [3.05, 3.63) is 46.8 Å². The van der Waals surface area contributed by atoms with Crippen molar-refractivity contribution in [3.63, 3.8) is 0 Å². The van der Waals surface area contributed by atoms with E-state index in [9.17, 15) is 9.90 Å². The molecule has 1 atom stereocenters. The fourth-order valence-electron chi connectivity index (χ4n) is 1.81. The number of hydrogen-bond acceptors (Lipinski definition) is 4. The molecule has 0 bridgehead atoms. The lowest BCUT2D eigenvalue weighted by molar-refractivity contribution is 0.175. The molecule has 1 aromatic heterocycles. The lowest BCUT2D eigenvalue weighted by atomic mass is 10.1. The third kappa shape index (κ3) is 4.47. The summed E-state index contributed by atoms with van der Waals surface area (Å²) in [6.45, 7) is 2.10. The highest BCUT2D eigenvalue weighted by molar-refractivity contribution is 7.16. The number of anilines is 1. The molecule has 2 rings (SSSR count). The number of ether oxygens (including phenoxy) is 1. The molecule has 0 aliphatic carbocycles. The van der Waals surface area contributed by atoms with Crippen molar-refractivity contribution in [3.8, 4) is 5.75 Å². The minimum atomic E-state index is -0.782. The number of amides is 2. The number of nitrogens with one attached hydrogen (secondary N) is 2. The molecule has 0 radical (unpaired) electrons. The Morgan fingerprint density at radius 1 is 1.38 bits per heavy atom. The van der Waals surface area contributed by atoms with Gasteiger partial charge in [-0.15, -0.1) is 11.3 Å². The highest BCUT2D eigenvalue weighted by Gasteiger charge is 2.10. The molecule has 2 aromatic rings. The zero-order chi connectivity index (χ0) is 15.2. The fourth-order valence-corrected chi connectivity index (χ4v) is 2.58. The fraction of sp³-hybridized carbons (Fsp3) is 0.267. The average Bonchev–Trinajstić information content (AvgIpc) is 2.90. The normalized spacial score (nSPS) is 11.8. The van der Waals surface area contributed by atoms with E-state index in [0.29, 0.717) is 11.3 Å². The van der Waals surface area contributed by atoms with Crippen molar-refractivity contribution in [2.75, 3.05) is 19.0 Å². The van der Waals surface area contributed by atoms with E-state index in [2.05, 4.69) is 10.6 Å². The summed E-state index contributed by atoms with van der Waals surface area (Å²) in [4.78, 5) is 12.9. The lowest BCUT2D eigenvalue weighted by Crippen LogP contribution is -2.32. The smallest absolute Gasteiger partial charge is 0.319 e. The predicted octanol–water partition coefficient (Wildman–Crippen LogP) is 2.92. The number of carbonyl (C=O) groups is 1. The Hall–Kier alpha value is -2.05. The first-order valence-corrected chi connectivity index (χ1v) is 7.33. The summed E-state index contributed by atoms with van der Waals surface area (Å²) >= 11 is 1.50. The molecular weight excluding hydrogens is 288 g/mol. The van der Waals surface area contributed by atoms with Crippen LogP contribution in [0.4, 0.5) is 9.80 Å². The molecule has 21 heavy (non-hydrogen) atoms. The highest BCUT2D eigenvalue weighted by atomic mass is 32.1. The zero-order valence-electron chi connectivity index (χ0n) is 11.9. The molecule has 0 saturated carbocycles. The van der Waals surface area contributed by atoms with Gasteiger partial charge in [0.15, 0.2) is 0 Å². The molecular formula is C15H18N2O3S. The van der Waals surface area contributed by atoms with Gasteiger partial charge in [-0.05, 0) is 36.8 Å². The number of rotatable bonds is 5. The summed E-state index contributed by atoms with van der Waals surface area (Å²) in [5.74, 6) is 0.671. The SMILES string of the molecule is COc1cccc([C@H](O)CNC(=O)Nc2ccc(C)s2)c1. The summed E-state index contributed by atoms with van der Waals surface area (Å²) in [5, 5.41) is 16.2. The molecule has 0 unspecified atom stereocenters. The number of aliphatic hydroxyl groups excluding tert-OH is 1. The van der Waals surface area contributed by atoms with E-state index in [0.717, 1.165) is 9.88 Å². The van der Waals surface area contributed by atoms with Crippen LogP contribution in [0.3, 0.4) is 0 Å². The van der Waals surface area contributed by atoms with Crippen LogP contribution in [0, 0.1) is 6.92 Å². The number of methoxy groups -OCH3 is 1. The molecule has 1 aromatic carbocycles. The van der Waals surface area contributed by atoms with Gasteiger partial charge in [0.25, 0.3) is 0 Å². The molecule has 3 N–H and O–H groups in total. The molecule has 0 saturated heterocycles. The van der Waals surface area contributed by atoms with Gasteiger partial charge in [0, 0.05) is 11.4 Å². The van der Waals surface area contributed by atoms with E-state index in [1.54, 1.807) is 31.4 Å². The van der Waals surface area contributed by atoms with Crippen molar-refractivity contribution < 1.29 is 14.6 Å². The van der Waals surface area contributed by atoms with E-state index < -0.39 is 6.10 Å². The zero-order valence-corrected chi connectivity index (χ0v) is 12.7. The van der Waals surface area contributed by atoms with Gasteiger partial charge in [-0.2, -0.15) is 0 Å². The number of urea groups is 1. The Kier molecular flexibility index (Phi) is 5.19. The van der Waals surface area contributed by atoms with Crippen LogP contribution >= 0.6 is 11.3 Å². The van der Waals surface area contributed by atoms with Gasteiger partial charge in [-0.3, -0.25) is 5.32 Å². The van der Waals surface area contributed by atoms with Crippen LogP contribution < -0.4 is 15.4 Å². The Labute approximate surface area is 127 Å². The van der Waals surface area contributed by atoms with E-state index in [4.69, 9.17) is 4.74 Å². The summed E-state index contributed by atoms with van der Waals surface area (Å²) in [6.07, 6.45) is -0.782. The minimum Gasteiger partial charge on any atom is -0.497 e. The first kappa shape index (κ1) is 15.3. The summed E-state index contributed by atoms with van der Waals surface area (Å²) in [7, 11) is 1.57. The maximum absolute atomic E-state index is 11.7. The second-order valence-electron chi connectivity index (χ2n) is 4.54. The maximum Gasteiger partial charge on any atom is 0.319 e. The Morgan fingerprint density at radius 3 is 2.86 bits per heavy atom. The van der Waals surface area contributed by atoms with Crippen LogP contribution in [-0.4, -0.2) is 24.8 Å². The number of benzene rings is 1. The quantitative estimate of drug-likeness (QED) is 0.795. The van der Waals surface area contributed by atoms with Gasteiger partial charge in [-0.25, -0.2) is 4.79 Å². The van der Waals surface area contributed by atoms with E-state index in [1.807, 2.05) is 19.1 Å². The molecule has 2 amide bonds. The topological polar surface area (TPSA) is 70.6 Å². The van der Waals surface area contributed by atoms with Gasteiger partial charge < -0.3 is 15.2 Å². The molecule has 6 heteroatoms. The Balaban J connectivity index is 1.85. The average molecular weight is 306 g/mol. The van der Waals surface area contributed by atoms with Gasteiger partial charge in [0.05, 0.1) is 18.2 Å². The molecule has 112 valence electrons. The van der Waals surface area contributed by atoms with Crippen LogP contribution in [0.1, 0.15) is 16.5 Å². The van der Waals surface area contributed by atoms with Crippen molar-refractivity contribution in [1.82, 2.24) is 5.32 Å². The number of thiophene rings is 1. The molecule has 1 heterocycles. The van der Waals surface area contributed by atoms with Gasteiger partial charge in [0.2, 0.25) is 0 Å². The first-order chi connectivity index (χ1) is 10.1. The van der Waals surface area contributed by atoms with E-state index in [-0.39, 0.29) is 12.6 Å². The summed E-state index contributed by atoms with van der Waals surface area (Å²) in [5.41, 5.74) is 0.696. The second-order valence-corrected chi connectivity index (χ2v) is 5.83. The number of hydrogen-bond donors (Lipinski definition) is 3. The Morgan fingerprint density at radius 2 is 2.19 bits per heavy atom. The van der Waals surface area contributed by atoms with Crippen molar-refractivity contribution >= 4 is 22.4 Å². The largest absolute Gasteiger partial charge is 0.497 e. The first-order valence-electron chi connectivity index (χ1n) is 6.52. The monoisotopic (exact) mass is 306 g/mol. The minimum absolute atomic E-state index is 0.128. The van der Waals surface area contributed by atoms with E-state index in [1.165, 1.54) is 11.3 Å². The van der Waals surface area contributed by atoms with Crippen LogP contribution in [0.15, 0.2) is 36.4 Å². The van der Waals surface area contributed by atoms with Gasteiger partial charge >= 0.3 is 6.03 Å². The van der Waals surface area contributed by atoms with Crippen LogP contribution in [0.5, 0.6) is 5.75 Å². The lowest BCUT2D eigenvalue weighted by Gasteiger charge is -2.13. The van der Waals surface area contributed by atoms with Crippen molar-refractivity contribution in [2.45, 2.75) is 13.0 Å². The van der Waals surface area contributed by atoms with Crippen LogP contribution in [-0.2, 0) is 0 Å². The number of carbonyl (C=O) groups excluding carboxylic acids is 1. The molecule has 0 aliphatic heterocycles. The van der Waals surface area contributed by atoms with Gasteiger partial charge in [-0.1, -0.05) is 12.1 Å². The Bertz CT molecular complexity index is 612.